The number of rotatable bonds is 8. The highest BCUT2D eigenvalue weighted by Gasteiger charge is 2.45. The lowest BCUT2D eigenvalue weighted by atomic mass is 9.99. The summed E-state index contributed by atoms with van der Waals surface area (Å²) in [5.74, 6) is 0.423. The van der Waals surface area contributed by atoms with E-state index >= 15 is 0 Å². The van der Waals surface area contributed by atoms with Crippen LogP contribution in [0.2, 0.25) is 0 Å². The molecule has 9 nitrogen and oxygen atoms in total. The standard InChI is InChI=1S/C26H32O9/c1-15-3-5-17(6-4-15)11-18-7-8-19(33-20-9-10-31-13-20)12-21(18)34-26-25(30)24(29)23(28)22(35-26)14-32-16(2)27/h3-8,12,20,22-26,28-30H,9-11,13-14H2,1-2H3/t20-,22-,23-,24+,25-,26-/m1/s1. The molecule has 2 fully saturated rings. The second kappa shape index (κ2) is 11.4. The summed E-state index contributed by atoms with van der Waals surface area (Å²) in [5, 5.41) is 31.2. The van der Waals surface area contributed by atoms with Gasteiger partial charge in [-0.25, -0.2) is 0 Å². The van der Waals surface area contributed by atoms with Crippen LogP contribution in [-0.4, -0.2) is 77.9 Å². The Morgan fingerprint density at radius 2 is 1.80 bits per heavy atom. The highest BCUT2D eigenvalue weighted by Crippen LogP contribution is 2.32. The highest BCUT2D eigenvalue weighted by molar-refractivity contribution is 5.65. The second-order valence-electron chi connectivity index (χ2n) is 8.97. The third kappa shape index (κ3) is 6.50. The summed E-state index contributed by atoms with van der Waals surface area (Å²) in [5.41, 5.74) is 3.03. The average molecular weight is 489 g/mol. The summed E-state index contributed by atoms with van der Waals surface area (Å²) in [6.45, 7) is 4.11. The van der Waals surface area contributed by atoms with Crippen molar-refractivity contribution < 1.29 is 43.8 Å². The molecule has 4 rings (SSSR count). The smallest absolute Gasteiger partial charge is 0.302 e. The summed E-state index contributed by atoms with van der Waals surface area (Å²) in [6, 6.07) is 13.6. The molecule has 2 aromatic rings. The van der Waals surface area contributed by atoms with Gasteiger partial charge in [0, 0.05) is 25.8 Å². The normalized spacial score (nSPS) is 28.5. The maximum Gasteiger partial charge on any atom is 0.302 e. The lowest BCUT2D eigenvalue weighted by Gasteiger charge is -2.40. The first-order chi connectivity index (χ1) is 16.8. The Bertz CT molecular complexity index is 987. The number of aliphatic hydroxyl groups excluding tert-OH is 3. The van der Waals surface area contributed by atoms with Crippen LogP contribution in [0.15, 0.2) is 42.5 Å². The van der Waals surface area contributed by atoms with Crippen LogP contribution in [0, 0.1) is 6.92 Å². The number of ether oxygens (including phenoxy) is 5. The molecule has 0 bridgehead atoms. The molecule has 2 aromatic carbocycles. The number of benzene rings is 2. The van der Waals surface area contributed by atoms with Gasteiger partial charge in [0.15, 0.2) is 0 Å². The van der Waals surface area contributed by atoms with Crippen molar-refractivity contribution in [2.24, 2.45) is 0 Å². The molecule has 0 aromatic heterocycles. The molecule has 2 heterocycles. The van der Waals surface area contributed by atoms with E-state index in [1.807, 2.05) is 43.3 Å². The lowest BCUT2D eigenvalue weighted by molar-refractivity contribution is -0.278. The Hall–Kier alpha value is -2.69. The van der Waals surface area contributed by atoms with Crippen molar-refractivity contribution in [2.45, 2.75) is 63.5 Å². The van der Waals surface area contributed by atoms with Crippen molar-refractivity contribution >= 4 is 5.97 Å². The molecular formula is C26H32O9. The van der Waals surface area contributed by atoms with Gasteiger partial charge in [0.1, 0.15) is 48.6 Å². The molecule has 0 unspecified atom stereocenters. The molecule has 2 aliphatic rings. The van der Waals surface area contributed by atoms with Crippen LogP contribution in [0.5, 0.6) is 11.5 Å². The van der Waals surface area contributed by atoms with Crippen LogP contribution in [0.4, 0.5) is 0 Å². The van der Waals surface area contributed by atoms with Gasteiger partial charge in [0.05, 0.1) is 13.2 Å². The zero-order valence-corrected chi connectivity index (χ0v) is 19.8. The fraction of sp³-hybridized carbons (Fsp3) is 0.500. The third-order valence-corrected chi connectivity index (χ3v) is 6.11. The summed E-state index contributed by atoms with van der Waals surface area (Å²) < 4.78 is 28.1. The zero-order valence-electron chi connectivity index (χ0n) is 19.8. The van der Waals surface area contributed by atoms with Crippen LogP contribution < -0.4 is 9.47 Å². The molecule has 0 aliphatic carbocycles. The summed E-state index contributed by atoms with van der Waals surface area (Å²) in [4.78, 5) is 11.2. The molecule has 0 spiro atoms. The van der Waals surface area contributed by atoms with Crippen molar-refractivity contribution in [3.8, 4) is 11.5 Å². The quantitative estimate of drug-likeness (QED) is 0.474. The van der Waals surface area contributed by atoms with Gasteiger partial charge in [-0.3, -0.25) is 4.79 Å². The molecule has 9 heteroatoms. The molecule has 0 saturated carbocycles. The largest absolute Gasteiger partial charge is 0.488 e. The number of esters is 1. The van der Waals surface area contributed by atoms with E-state index in [0.29, 0.717) is 31.1 Å². The number of hydrogen-bond acceptors (Lipinski definition) is 9. The van der Waals surface area contributed by atoms with Crippen LogP contribution in [0.3, 0.4) is 0 Å². The molecule has 2 saturated heterocycles. The Kier molecular flexibility index (Phi) is 8.25. The van der Waals surface area contributed by atoms with Gasteiger partial charge in [-0.1, -0.05) is 35.9 Å². The van der Waals surface area contributed by atoms with Crippen molar-refractivity contribution in [3.63, 3.8) is 0 Å². The third-order valence-electron chi connectivity index (χ3n) is 6.11. The van der Waals surface area contributed by atoms with E-state index in [2.05, 4.69) is 0 Å². The Morgan fingerprint density at radius 3 is 2.49 bits per heavy atom. The van der Waals surface area contributed by atoms with E-state index < -0.39 is 36.7 Å². The maximum atomic E-state index is 11.2. The van der Waals surface area contributed by atoms with Crippen molar-refractivity contribution in [2.75, 3.05) is 19.8 Å². The van der Waals surface area contributed by atoms with Gasteiger partial charge in [0.25, 0.3) is 0 Å². The summed E-state index contributed by atoms with van der Waals surface area (Å²) in [6.07, 6.45) is -5.64. The number of carbonyl (C=O) groups is 1. The summed E-state index contributed by atoms with van der Waals surface area (Å²) in [7, 11) is 0. The topological polar surface area (TPSA) is 124 Å². The first kappa shape index (κ1) is 25.4. The van der Waals surface area contributed by atoms with Crippen LogP contribution in [0.1, 0.15) is 30.0 Å². The predicted octanol–water partition coefficient (Wildman–Crippen LogP) is 1.50. The second-order valence-corrected chi connectivity index (χ2v) is 8.97. The summed E-state index contributed by atoms with van der Waals surface area (Å²) >= 11 is 0. The van der Waals surface area contributed by atoms with Gasteiger partial charge in [0.2, 0.25) is 6.29 Å². The van der Waals surface area contributed by atoms with Crippen LogP contribution in [-0.2, 0) is 25.4 Å². The predicted molar refractivity (Wildman–Crippen MR) is 124 cm³/mol. The minimum absolute atomic E-state index is 0.0626. The van der Waals surface area contributed by atoms with Crippen LogP contribution in [0.25, 0.3) is 0 Å². The first-order valence-corrected chi connectivity index (χ1v) is 11.7. The van der Waals surface area contributed by atoms with Crippen LogP contribution >= 0.6 is 0 Å². The average Bonchev–Trinajstić information content (AvgIpc) is 3.34. The van der Waals surface area contributed by atoms with E-state index in [0.717, 1.165) is 23.1 Å². The molecule has 35 heavy (non-hydrogen) atoms. The van der Waals surface area contributed by atoms with Crippen molar-refractivity contribution in [1.82, 2.24) is 0 Å². The van der Waals surface area contributed by atoms with Gasteiger partial charge in [-0.2, -0.15) is 0 Å². The van der Waals surface area contributed by atoms with Gasteiger partial charge < -0.3 is 39.0 Å². The molecule has 3 N–H and O–H groups in total. The minimum atomic E-state index is -1.55. The fourth-order valence-electron chi connectivity index (χ4n) is 4.06. The fourth-order valence-corrected chi connectivity index (χ4v) is 4.06. The number of hydrogen-bond donors (Lipinski definition) is 3. The Balaban J connectivity index is 1.57. The molecule has 0 radical (unpaired) electrons. The first-order valence-electron chi connectivity index (χ1n) is 11.7. The van der Waals surface area contributed by atoms with E-state index in [-0.39, 0.29) is 12.7 Å². The lowest BCUT2D eigenvalue weighted by Crippen LogP contribution is -2.60. The molecule has 190 valence electrons. The number of carbonyl (C=O) groups excluding carboxylic acids is 1. The number of aliphatic hydroxyl groups is 3. The minimum Gasteiger partial charge on any atom is -0.488 e. The van der Waals surface area contributed by atoms with Crippen molar-refractivity contribution in [1.29, 1.82) is 0 Å². The molecule has 6 atom stereocenters. The van der Waals surface area contributed by atoms with Gasteiger partial charge >= 0.3 is 5.97 Å². The highest BCUT2D eigenvalue weighted by atomic mass is 16.7. The van der Waals surface area contributed by atoms with E-state index in [4.69, 9.17) is 23.7 Å². The zero-order chi connectivity index (χ0) is 24.9. The Morgan fingerprint density at radius 1 is 1.03 bits per heavy atom. The van der Waals surface area contributed by atoms with Gasteiger partial charge in [-0.15, -0.1) is 0 Å². The number of aryl methyl sites for hydroxylation is 1. The monoisotopic (exact) mass is 488 g/mol. The molecule has 0 amide bonds. The molecular weight excluding hydrogens is 456 g/mol. The van der Waals surface area contributed by atoms with Crippen molar-refractivity contribution in [3.05, 3.63) is 59.2 Å². The SMILES string of the molecule is CC(=O)OC[C@H]1O[C@@H](Oc2cc(O[C@@H]3CCOC3)ccc2Cc2ccc(C)cc2)[C@H](O)[C@@H](O)[C@@H]1O. The van der Waals surface area contributed by atoms with E-state index in [1.165, 1.54) is 6.92 Å². The molecule has 2 aliphatic heterocycles. The van der Waals surface area contributed by atoms with Gasteiger partial charge in [-0.05, 0) is 24.1 Å². The van der Waals surface area contributed by atoms with E-state index in [9.17, 15) is 20.1 Å². The van der Waals surface area contributed by atoms with E-state index in [1.54, 1.807) is 6.07 Å². The Labute approximate surface area is 204 Å². The maximum absolute atomic E-state index is 11.2.